The third-order valence-corrected chi connectivity index (χ3v) is 8.03. The summed E-state index contributed by atoms with van der Waals surface area (Å²) in [6, 6.07) is 15.9. The number of aromatic nitrogens is 1. The number of pyridine rings is 1. The quantitative estimate of drug-likeness (QED) is 0.681. The fourth-order valence-electron chi connectivity index (χ4n) is 4.42. The van der Waals surface area contributed by atoms with Crippen molar-refractivity contribution in [2.24, 2.45) is 0 Å². The van der Waals surface area contributed by atoms with Crippen LogP contribution in [-0.4, -0.2) is 36.6 Å². The summed E-state index contributed by atoms with van der Waals surface area (Å²) < 4.78 is 39.3. The lowest BCUT2D eigenvalue weighted by Crippen LogP contribution is -2.25. The van der Waals surface area contributed by atoms with Crippen molar-refractivity contribution in [3.8, 4) is 11.1 Å². The first kappa shape index (κ1) is 17.5. The van der Waals surface area contributed by atoms with E-state index in [2.05, 4.69) is 9.88 Å². The van der Waals surface area contributed by atoms with E-state index in [1.54, 1.807) is 30.6 Å². The van der Waals surface area contributed by atoms with E-state index in [0.717, 1.165) is 22.3 Å². The van der Waals surface area contributed by atoms with E-state index < -0.39 is 15.1 Å². The van der Waals surface area contributed by atoms with Crippen LogP contribution < -0.4 is 0 Å². The Hall–Kier alpha value is -2.57. The number of halogens is 1. The molecule has 5 rings (SSSR count). The number of benzene rings is 2. The van der Waals surface area contributed by atoms with Crippen molar-refractivity contribution in [2.45, 2.75) is 22.6 Å². The predicted molar refractivity (Wildman–Crippen MR) is 105 cm³/mol. The van der Waals surface area contributed by atoms with Gasteiger partial charge in [-0.3, -0.25) is 9.88 Å². The van der Waals surface area contributed by atoms with Gasteiger partial charge in [0.15, 0.2) is 9.84 Å². The number of hydrogen-bond donors (Lipinski definition) is 0. The molecule has 2 aliphatic rings. The molecule has 6 heteroatoms. The van der Waals surface area contributed by atoms with Crippen LogP contribution in [0.25, 0.3) is 11.1 Å². The Morgan fingerprint density at radius 2 is 1.86 bits per heavy atom. The average Bonchev–Trinajstić information content (AvgIpc) is 3.22. The van der Waals surface area contributed by atoms with Crippen molar-refractivity contribution in [1.82, 2.24) is 9.88 Å². The molecular weight excluding hydrogens is 375 g/mol. The zero-order valence-corrected chi connectivity index (χ0v) is 15.9. The lowest BCUT2D eigenvalue weighted by atomic mass is 9.95. The monoisotopic (exact) mass is 394 g/mol. The van der Waals surface area contributed by atoms with Crippen LogP contribution in [0.15, 0.2) is 71.9 Å². The number of sulfone groups is 1. The highest BCUT2D eigenvalue weighted by Gasteiger charge is 2.50. The highest BCUT2D eigenvalue weighted by molar-refractivity contribution is 7.92. The summed E-state index contributed by atoms with van der Waals surface area (Å²) in [4.78, 5) is 6.78. The third-order valence-electron chi connectivity index (χ3n) is 5.77. The molecule has 0 amide bonds. The molecule has 0 saturated carbocycles. The van der Waals surface area contributed by atoms with Gasteiger partial charge in [0, 0.05) is 37.9 Å². The lowest BCUT2D eigenvalue weighted by Gasteiger charge is -2.17. The van der Waals surface area contributed by atoms with E-state index in [1.165, 1.54) is 12.1 Å². The third kappa shape index (κ3) is 2.84. The van der Waals surface area contributed by atoms with E-state index in [4.69, 9.17) is 0 Å². The molecule has 2 atom stereocenters. The summed E-state index contributed by atoms with van der Waals surface area (Å²) in [5, 5.41) is -0.410. The smallest absolute Gasteiger partial charge is 0.183 e. The van der Waals surface area contributed by atoms with Crippen molar-refractivity contribution in [3.63, 3.8) is 0 Å². The molecule has 28 heavy (non-hydrogen) atoms. The van der Waals surface area contributed by atoms with E-state index >= 15 is 0 Å². The number of rotatable bonds is 3. The summed E-state index contributed by atoms with van der Waals surface area (Å²) in [5.74, 6) is -0.293. The topological polar surface area (TPSA) is 50.3 Å². The SMILES string of the molecule is O=S1(=O)c2ccc(-c3cccnc3)cc2[C@H]2CN(Cc3ccc(F)cc3)C[C@H]21. The molecule has 0 radical (unpaired) electrons. The Labute approximate surface area is 163 Å². The number of fused-ring (bicyclic) bond motifs is 3. The molecule has 1 fully saturated rings. The van der Waals surface area contributed by atoms with Crippen LogP contribution in [0.5, 0.6) is 0 Å². The number of hydrogen-bond acceptors (Lipinski definition) is 4. The minimum absolute atomic E-state index is 0.0305. The Bertz CT molecular complexity index is 1130. The second kappa shape index (κ2) is 6.50. The first-order valence-corrected chi connectivity index (χ1v) is 10.8. The van der Waals surface area contributed by atoms with Gasteiger partial charge in [-0.2, -0.15) is 0 Å². The predicted octanol–water partition coefficient (Wildman–Crippen LogP) is 3.64. The van der Waals surface area contributed by atoms with E-state index in [-0.39, 0.29) is 11.7 Å². The van der Waals surface area contributed by atoms with Gasteiger partial charge in [-0.15, -0.1) is 0 Å². The highest BCUT2D eigenvalue weighted by atomic mass is 32.2. The summed E-state index contributed by atoms with van der Waals surface area (Å²) >= 11 is 0. The summed E-state index contributed by atoms with van der Waals surface area (Å²) in [5.41, 5.74) is 3.86. The molecule has 0 N–H and O–H groups in total. The second-order valence-electron chi connectivity index (χ2n) is 7.50. The van der Waals surface area contributed by atoms with Crippen molar-refractivity contribution in [1.29, 1.82) is 0 Å². The minimum atomic E-state index is -3.33. The molecule has 142 valence electrons. The van der Waals surface area contributed by atoms with Crippen LogP contribution in [0.1, 0.15) is 17.0 Å². The summed E-state index contributed by atoms with van der Waals surface area (Å²) in [6.07, 6.45) is 3.51. The van der Waals surface area contributed by atoms with Gasteiger partial charge < -0.3 is 0 Å². The van der Waals surface area contributed by atoms with Gasteiger partial charge in [0.2, 0.25) is 0 Å². The van der Waals surface area contributed by atoms with Crippen LogP contribution in [-0.2, 0) is 16.4 Å². The number of likely N-dealkylation sites (tertiary alicyclic amines) is 1. The maximum Gasteiger partial charge on any atom is 0.183 e. The molecule has 1 aromatic heterocycles. The molecule has 2 aromatic carbocycles. The van der Waals surface area contributed by atoms with Crippen LogP contribution in [0.3, 0.4) is 0 Å². The average molecular weight is 394 g/mol. The Morgan fingerprint density at radius 1 is 1.04 bits per heavy atom. The highest BCUT2D eigenvalue weighted by Crippen LogP contribution is 2.46. The first-order valence-electron chi connectivity index (χ1n) is 9.27. The summed E-state index contributed by atoms with van der Waals surface area (Å²) in [7, 11) is -3.33. The molecule has 3 aromatic rings. The molecular formula is C22H19FN2O2S. The zero-order valence-electron chi connectivity index (χ0n) is 15.1. The van der Waals surface area contributed by atoms with Crippen molar-refractivity contribution in [2.75, 3.05) is 13.1 Å². The Morgan fingerprint density at radius 3 is 2.61 bits per heavy atom. The maximum atomic E-state index is 13.1. The molecule has 4 nitrogen and oxygen atoms in total. The van der Waals surface area contributed by atoms with Gasteiger partial charge >= 0.3 is 0 Å². The van der Waals surface area contributed by atoms with Crippen LogP contribution in [0.4, 0.5) is 4.39 Å². The molecule has 0 aliphatic carbocycles. The standard InChI is InChI=1S/C22H19FN2O2S/c23-18-6-3-15(4-7-18)12-25-13-20-19-10-16(17-2-1-9-24-11-17)5-8-21(19)28(26,27)22(20)14-25/h1-11,20,22H,12-14H2/t20-,22-/m1/s1. The van der Waals surface area contributed by atoms with E-state index in [9.17, 15) is 12.8 Å². The van der Waals surface area contributed by atoms with Gasteiger partial charge in [-0.05, 0) is 52.6 Å². The molecule has 0 bridgehead atoms. The lowest BCUT2D eigenvalue weighted by molar-refractivity contribution is 0.325. The normalized spacial score (nSPS) is 22.8. The van der Waals surface area contributed by atoms with Gasteiger partial charge in [-0.25, -0.2) is 12.8 Å². The fourth-order valence-corrected chi connectivity index (χ4v) is 6.61. The largest absolute Gasteiger partial charge is 0.297 e. The van der Waals surface area contributed by atoms with Crippen molar-refractivity contribution < 1.29 is 12.8 Å². The number of nitrogens with zero attached hydrogens (tertiary/aromatic N) is 2. The first-order chi connectivity index (χ1) is 13.5. The molecule has 0 unspecified atom stereocenters. The van der Waals surface area contributed by atoms with Gasteiger partial charge in [0.25, 0.3) is 0 Å². The Balaban J connectivity index is 1.46. The van der Waals surface area contributed by atoms with Crippen LogP contribution in [0, 0.1) is 5.82 Å². The Kier molecular flexibility index (Phi) is 4.07. The van der Waals surface area contributed by atoms with Crippen LogP contribution in [0.2, 0.25) is 0 Å². The minimum Gasteiger partial charge on any atom is -0.297 e. The van der Waals surface area contributed by atoms with E-state index in [1.807, 2.05) is 24.3 Å². The summed E-state index contributed by atoms with van der Waals surface area (Å²) in [6.45, 7) is 1.81. The van der Waals surface area contributed by atoms with Gasteiger partial charge in [-0.1, -0.05) is 24.3 Å². The second-order valence-corrected chi connectivity index (χ2v) is 9.64. The fraction of sp³-hybridized carbons (Fsp3) is 0.227. The zero-order chi connectivity index (χ0) is 19.3. The van der Waals surface area contributed by atoms with Gasteiger partial charge in [0.05, 0.1) is 10.1 Å². The molecule has 2 aliphatic heterocycles. The van der Waals surface area contributed by atoms with Crippen molar-refractivity contribution in [3.05, 3.63) is 83.9 Å². The molecule has 3 heterocycles. The maximum absolute atomic E-state index is 13.1. The molecule has 0 spiro atoms. The van der Waals surface area contributed by atoms with Gasteiger partial charge in [0.1, 0.15) is 5.82 Å². The van der Waals surface area contributed by atoms with E-state index in [0.29, 0.717) is 24.5 Å². The van der Waals surface area contributed by atoms with Crippen LogP contribution >= 0.6 is 0 Å². The molecule has 1 saturated heterocycles. The van der Waals surface area contributed by atoms with Crippen molar-refractivity contribution >= 4 is 9.84 Å².